The first-order valence-electron chi connectivity index (χ1n) is 21.0. The maximum absolute atomic E-state index is 14.8. The van der Waals surface area contributed by atoms with Crippen molar-refractivity contribution < 1.29 is 47.3 Å². The summed E-state index contributed by atoms with van der Waals surface area (Å²) in [5.41, 5.74) is -0.728. The molecule has 5 fully saturated rings. The van der Waals surface area contributed by atoms with Crippen LogP contribution in [-0.2, 0) is 28.6 Å². The number of methoxy groups -OCH3 is 2. The lowest BCUT2D eigenvalue weighted by Crippen LogP contribution is -2.59. The number of fused-ring (bicyclic) bond motifs is 2. The first kappa shape index (κ1) is 41.9. The number of halogens is 1. The van der Waals surface area contributed by atoms with Crippen LogP contribution in [-0.4, -0.2) is 109 Å². The van der Waals surface area contributed by atoms with Crippen LogP contribution in [0.2, 0.25) is 5.02 Å². The number of alkyl carbamates (subject to hydrolysis) is 1. The summed E-state index contributed by atoms with van der Waals surface area (Å²) < 4.78 is 34.5. The van der Waals surface area contributed by atoms with E-state index < -0.39 is 53.0 Å². The highest BCUT2D eigenvalue weighted by atomic mass is 35.5. The van der Waals surface area contributed by atoms with Crippen molar-refractivity contribution in [3.05, 3.63) is 29.5 Å². The standard InChI is InChI=1S/C43H55ClN6O10/c1-7-24-19-43(24,39(53)56-6)49-37(51)31-17-27(20-50(31)38(52)36(42(2,3)4)48-41(54)60-26-15-22-14-23(22)16-26)59-33-18-29(30-21-58-40(47-30)45-25-8-9-25)46-35-28(33)10-11-32(34(35)44)57-13-12-55-5/h10-11,18,21-27,31,36H,7-9,12-17,19-20H2,1-6H3,(H,45,47)(H,48,54)(H,49,51)/t22-,23+,24-,26?,27-,31+,36-,43-/m1/s1. The van der Waals surface area contributed by atoms with Crippen LogP contribution < -0.4 is 25.4 Å². The van der Waals surface area contributed by atoms with Crippen molar-refractivity contribution in [1.29, 1.82) is 0 Å². The van der Waals surface area contributed by atoms with Crippen molar-refractivity contribution in [1.82, 2.24) is 25.5 Å². The number of ether oxygens (including phenoxy) is 5. The number of hydrogen-bond acceptors (Lipinski definition) is 13. The molecule has 324 valence electrons. The van der Waals surface area contributed by atoms with Crippen LogP contribution in [0.3, 0.4) is 0 Å². The van der Waals surface area contributed by atoms with E-state index >= 15 is 0 Å². The van der Waals surface area contributed by atoms with Gasteiger partial charge < -0.3 is 49.0 Å². The molecule has 3 aromatic rings. The van der Waals surface area contributed by atoms with E-state index in [-0.39, 0.29) is 36.6 Å². The van der Waals surface area contributed by atoms with E-state index in [1.165, 1.54) is 24.7 Å². The van der Waals surface area contributed by atoms with Crippen molar-refractivity contribution in [3.63, 3.8) is 0 Å². The number of rotatable bonds is 16. The summed E-state index contributed by atoms with van der Waals surface area (Å²) in [6.45, 7) is 8.09. The van der Waals surface area contributed by atoms with E-state index in [0.29, 0.717) is 77.1 Å². The molecule has 1 saturated heterocycles. The normalized spacial score (nSPS) is 27.1. The van der Waals surface area contributed by atoms with Crippen molar-refractivity contribution in [2.45, 2.75) is 115 Å². The molecule has 1 aromatic carbocycles. The van der Waals surface area contributed by atoms with Crippen LogP contribution in [0.25, 0.3) is 22.3 Å². The number of carbonyl (C=O) groups is 4. The molecule has 4 saturated carbocycles. The zero-order valence-corrected chi connectivity index (χ0v) is 35.8. The second kappa shape index (κ2) is 16.6. The van der Waals surface area contributed by atoms with Gasteiger partial charge in [0.05, 0.1) is 31.5 Å². The quantitative estimate of drug-likeness (QED) is 0.114. The number of anilines is 1. The maximum Gasteiger partial charge on any atom is 0.408 e. The molecule has 4 aliphatic carbocycles. The molecule has 5 aliphatic rings. The number of hydrogen-bond donors (Lipinski definition) is 3. The molecule has 8 rings (SSSR count). The number of amides is 3. The van der Waals surface area contributed by atoms with Crippen LogP contribution in [0.15, 0.2) is 28.9 Å². The highest BCUT2D eigenvalue weighted by Gasteiger charge is 2.62. The predicted molar refractivity (Wildman–Crippen MR) is 220 cm³/mol. The molecule has 3 N–H and O–H groups in total. The Morgan fingerprint density at radius 3 is 2.43 bits per heavy atom. The largest absolute Gasteiger partial charge is 0.490 e. The van der Waals surface area contributed by atoms with Crippen LogP contribution >= 0.6 is 11.6 Å². The van der Waals surface area contributed by atoms with Gasteiger partial charge >= 0.3 is 12.1 Å². The van der Waals surface area contributed by atoms with E-state index in [1.54, 1.807) is 25.3 Å². The van der Waals surface area contributed by atoms with Gasteiger partial charge in [-0.1, -0.05) is 45.7 Å². The van der Waals surface area contributed by atoms with E-state index in [0.717, 1.165) is 25.7 Å². The number of esters is 1. The Bertz CT molecular complexity index is 2130. The molecular formula is C43H55ClN6O10. The molecule has 8 atom stereocenters. The third-order valence-electron chi connectivity index (χ3n) is 12.5. The summed E-state index contributed by atoms with van der Waals surface area (Å²) >= 11 is 6.96. The Labute approximate surface area is 354 Å². The van der Waals surface area contributed by atoms with Crippen molar-refractivity contribution in [2.75, 3.05) is 39.3 Å². The number of aromatic nitrogens is 2. The Balaban J connectivity index is 1.10. The van der Waals surface area contributed by atoms with Gasteiger partial charge in [-0.15, -0.1) is 0 Å². The number of benzene rings is 1. The average molecular weight is 851 g/mol. The second-order valence-corrected chi connectivity index (χ2v) is 18.4. The molecule has 2 aromatic heterocycles. The fourth-order valence-electron chi connectivity index (χ4n) is 8.83. The molecule has 0 spiro atoms. The number of pyridine rings is 1. The molecule has 3 amide bonds. The van der Waals surface area contributed by atoms with E-state index in [2.05, 4.69) is 20.9 Å². The van der Waals surface area contributed by atoms with Crippen molar-refractivity contribution in [2.24, 2.45) is 23.2 Å². The summed E-state index contributed by atoms with van der Waals surface area (Å²) in [6, 6.07) is 3.81. The fourth-order valence-corrected chi connectivity index (χ4v) is 9.10. The minimum atomic E-state index is -1.19. The van der Waals surface area contributed by atoms with Gasteiger partial charge in [-0.25, -0.2) is 14.6 Å². The number of carbonyl (C=O) groups excluding carboxylic acids is 4. The molecule has 60 heavy (non-hydrogen) atoms. The molecule has 17 heteroatoms. The van der Waals surface area contributed by atoms with Gasteiger partial charge in [-0.05, 0) is 73.8 Å². The Morgan fingerprint density at radius 1 is 1.00 bits per heavy atom. The Kier molecular flexibility index (Phi) is 11.6. The highest BCUT2D eigenvalue weighted by Crippen LogP contribution is 2.52. The van der Waals surface area contributed by atoms with E-state index in [4.69, 9.17) is 44.7 Å². The minimum absolute atomic E-state index is 0.0147. The van der Waals surface area contributed by atoms with Crippen LogP contribution in [0.4, 0.5) is 10.8 Å². The third kappa shape index (κ3) is 8.67. The molecule has 3 heterocycles. The van der Waals surface area contributed by atoms with Crippen LogP contribution in [0, 0.1) is 23.2 Å². The predicted octanol–water partition coefficient (Wildman–Crippen LogP) is 5.89. The van der Waals surface area contributed by atoms with Crippen molar-refractivity contribution >= 4 is 52.4 Å². The number of nitrogens with one attached hydrogen (secondary N) is 3. The van der Waals surface area contributed by atoms with Gasteiger partial charge in [0.1, 0.15) is 64.9 Å². The molecule has 16 nitrogen and oxygen atoms in total. The first-order chi connectivity index (χ1) is 28.7. The maximum atomic E-state index is 14.8. The van der Waals surface area contributed by atoms with Crippen LogP contribution in [0.5, 0.6) is 11.5 Å². The molecule has 0 radical (unpaired) electrons. The van der Waals surface area contributed by atoms with Gasteiger partial charge in [0.15, 0.2) is 0 Å². The molecule has 1 unspecified atom stereocenters. The lowest BCUT2D eigenvalue weighted by molar-refractivity contribution is -0.148. The SMILES string of the molecule is CC[C@@H]1C[C@]1(NC(=O)[C@@H]1C[C@@H](Oc2cc(-c3coc(NC4CC4)n3)nc3c(Cl)c(OCCOC)ccc23)CN1C(=O)[C@@H](NC(=O)OC1C[C@@H]2C[C@@H]2C1)C(C)(C)C)C(=O)OC. The first-order valence-corrected chi connectivity index (χ1v) is 21.4. The lowest BCUT2D eigenvalue weighted by Gasteiger charge is -2.35. The summed E-state index contributed by atoms with van der Waals surface area (Å²) in [4.78, 5) is 66.6. The molecule has 1 aliphatic heterocycles. The smallest absolute Gasteiger partial charge is 0.408 e. The zero-order chi connectivity index (χ0) is 42.5. The number of nitrogens with zero attached hydrogens (tertiary/aromatic N) is 3. The Morgan fingerprint density at radius 2 is 1.77 bits per heavy atom. The summed E-state index contributed by atoms with van der Waals surface area (Å²) in [5, 5.41) is 9.88. The molecule has 0 bridgehead atoms. The minimum Gasteiger partial charge on any atom is -0.490 e. The topological polar surface area (TPSA) is 193 Å². The van der Waals surface area contributed by atoms with Gasteiger partial charge in [0.2, 0.25) is 11.8 Å². The zero-order valence-electron chi connectivity index (χ0n) is 35.0. The average Bonchev–Trinajstić information content (AvgIpc) is 4.16. The fraction of sp³-hybridized carbons (Fsp3) is 0.628. The lowest BCUT2D eigenvalue weighted by atomic mass is 9.85. The third-order valence-corrected chi connectivity index (χ3v) is 12.9. The summed E-state index contributed by atoms with van der Waals surface area (Å²) in [5.74, 6) is 0.347. The van der Waals surface area contributed by atoms with E-state index in [1.807, 2.05) is 27.7 Å². The van der Waals surface area contributed by atoms with Crippen LogP contribution in [0.1, 0.15) is 79.1 Å². The van der Waals surface area contributed by atoms with Gasteiger partial charge in [0.25, 0.3) is 6.01 Å². The highest BCUT2D eigenvalue weighted by molar-refractivity contribution is 6.36. The second-order valence-electron chi connectivity index (χ2n) is 18.0. The summed E-state index contributed by atoms with van der Waals surface area (Å²) in [7, 11) is 2.87. The Hall–Kier alpha value is -4.83. The van der Waals surface area contributed by atoms with E-state index in [9.17, 15) is 19.2 Å². The molecular weight excluding hydrogens is 796 g/mol. The number of oxazole rings is 1. The monoisotopic (exact) mass is 850 g/mol. The van der Waals surface area contributed by atoms with Gasteiger partial charge in [-0.3, -0.25) is 9.59 Å². The van der Waals surface area contributed by atoms with Gasteiger partial charge in [-0.2, -0.15) is 4.98 Å². The van der Waals surface area contributed by atoms with Crippen molar-refractivity contribution in [3.8, 4) is 22.9 Å². The number of likely N-dealkylation sites (tertiary alicyclic amines) is 1. The summed E-state index contributed by atoms with van der Waals surface area (Å²) in [6.07, 6.45) is 5.97. The van der Waals surface area contributed by atoms with Gasteiger partial charge in [0, 0.05) is 31.0 Å².